The highest BCUT2D eigenvalue weighted by Gasteiger charge is 2.28. The molecule has 7 heteroatoms. The van der Waals surface area contributed by atoms with E-state index < -0.39 is 32.4 Å². The van der Waals surface area contributed by atoms with Crippen molar-refractivity contribution in [3.05, 3.63) is 95.8 Å². The normalized spacial score (nSPS) is 11.3. The minimum absolute atomic E-state index is 0.0953. The summed E-state index contributed by atoms with van der Waals surface area (Å²) in [5.41, 5.74) is 0.203. The van der Waals surface area contributed by atoms with Crippen LogP contribution in [0.5, 0.6) is 0 Å². The second-order valence-electron chi connectivity index (χ2n) is 5.51. The summed E-state index contributed by atoms with van der Waals surface area (Å²) >= 11 is 0. The van der Waals surface area contributed by atoms with Gasteiger partial charge in [0.05, 0.1) is 12.2 Å². The van der Waals surface area contributed by atoms with Crippen LogP contribution >= 0.6 is 0 Å². The predicted octanol–water partition coefficient (Wildman–Crippen LogP) is 4.50. The monoisotopic (exact) mass is 377 g/mol. The van der Waals surface area contributed by atoms with E-state index in [0.717, 1.165) is 28.6 Å². The molecule has 0 heterocycles. The summed E-state index contributed by atoms with van der Waals surface area (Å²) in [7, 11) is -4.34. The second-order valence-corrected chi connectivity index (χ2v) is 7.34. The van der Waals surface area contributed by atoms with Crippen LogP contribution in [0.2, 0.25) is 0 Å². The first-order valence-corrected chi connectivity index (χ1v) is 9.10. The lowest BCUT2D eigenvalue weighted by molar-refractivity contribution is 0.561. The van der Waals surface area contributed by atoms with Gasteiger partial charge in [0.1, 0.15) is 22.3 Å². The van der Waals surface area contributed by atoms with Gasteiger partial charge in [0.2, 0.25) is 0 Å². The first-order chi connectivity index (χ1) is 12.4. The van der Waals surface area contributed by atoms with Gasteiger partial charge in [0.15, 0.2) is 0 Å². The molecule has 0 atom stereocenters. The van der Waals surface area contributed by atoms with Gasteiger partial charge in [0.25, 0.3) is 10.0 Å². The van der Waals surface area contributed by atoms with Gasteiger partial charge >= 0.3 is 0 Å². The van der Waals surface area contributed by atoms with Crippen LogP contribution in [0, 0.1) is 17.5 Å². The molecule has 134 valence electrons. The van der Waals surface area contributed by atoms with Gasteiger partial charge in [-0.2, -0.15) is 0 Å². The Morgan fingerprint density at radius 2 is 1.31 bits per heavy atom. The van der Waals surface area contributed by atoms with E-state index in [-0.39, 0.29) is 17.8 Å². The molecule has 26 heavy (non-hydrogen) atoms. The highest BCUT2D eigenvalue weighted by atomic mass is 32.2. The molecule has 0 saturated heterocycles. The lowest BCUT2D eigenvalue weighted by Crippen LogP contribution is -2.31. The molecule has 0 spiro atoms. The van der Waals surface area contributed by atoms with Gasteiger partial charge in [-0.1, -0.05) is 30.3 Å². The Bertz CT molecular complexity index is 1020. The number of benzene rings is 3. The van der Waals surface area contributed by atoms with Crippen molar-refractivity contribution in [2.75, 3.05) is 4.31 Å². The van der Waals surface area contributed by atoms with Gasteiger partial charge in [0, 0.05) is 5.56 Å². The number of halogens is 3. The van der Waals surface area contributed by atoms with Crippen molar-refractivity contribution in [1.82, 2.24) is 0 Å². The van der Waals surface area contributed by atoms with Gasteiger partial charge < -0.3 is 0 Å². The fraction of sp³-hybridized carbons (Fsp3) is 0.0526. The van der Waals surface area contributed by atoms with Gasteiger partial charge in [-0.3, -0.25) is 4.31 Å². The first kappa shape index (κ1) is 18.0. The molecule has 0 N–H and O–H groups in total. The Labute approximate surface area is 149 Å². The highest BCUT2D eigenvalue weighted by molar-refractivity contribution is 7.92. The summed E-state index contributed by atoms with van der Waals surface area (Å²) in [5, 5.41) is 0. The molecule has 0 saturated carbocycles. The number of anilines is 1. The van der Waals surface area contributed by atoms with E-state index in [4.69, 9.17) is 0 Å². The standard InChI is InChI=1S/C19H14F3NO2S/c20-15-9-11-16(12-10-15)23(13-14-5-1-2-6-17(14)21)26(24,25)19-8-4-3-7-18(19)22/h1-12H,13H2. The first-order valence-electron chi connectivity index (χ1n) is 7.66. The fourth-order valence-electron chi connectivity index (χ4n) is 2.48. The van der Waals surface area contributed by atoms with Gasteiger partial charge in [-0.15, -0.1) is 0 Å². The summed E-state index contributed by atoms with van der Waals surface area (Å²) in [4.78, 5) is -0.541. The number of rotatable bonds is 5. The van der Waals surface area contributed by atoms with Crippen LogP contribution in [-0.2, 0) is 16.6 Å². The average molecular weight is 377 g/mol. The largest absolute Gasteiger partial charge is 0.267 e. The highest BCUT2D eigenvalue weighted by Crippen LogP contribution is 2.28. The molecule has 0 fully saturated rings. The number of sulfonamides is 1. The van der Waals surface area contributed by atoms with E-state index in [0.29, 0.717) is 0 Å². The van der Waals surface area contributed by atoms with E-state index >= 15 is 0 Å². The molecule has 0 aliphatic carbocycles. The zero-order valence-electron chi connectivity index (χ0n) is 13.4. The third kappa shape index (κ3) is 3.57. The second kappa shape index (κ2) is 7.21. The van der Waals surface area contributed by atoms with Crippen molar-refractivity contribution in [3.63, 3.8) is 0 Å². The summed E-state index contributed by atoms with van der Waals surface area (Å²) in [5.74, 6) is -2.07. The minimum atomic E-state index is -4.34. The molecule has 0 aliphatic rings. The van der Waals surface area contributed by atoms with E-state index in [1.807, 2.05) is 0 Å². The Balaban J connectivity index is 2.13. The molecule has 3 nitrogen and oxygen atoms in total. The molecule has 3 aromatic carbocycles. The Morgan fingerprint density at radius 3 is 1.92 bits per heavy atom. The summed E-state index contributed by atoms with van der Waals surface area (Å²) < 4.78 is 68.3. The molecule has 0 radical (unpaired) electrons. The third-order valence-corrected chi connectivity index (χ3v) is 5.60. The van der Waals surface area contributed by atoms with Crippen molar-refractivity contribution in [2.45, 2.75) is 11.4 Å². The SMILES string of the molecule is O=S(=O)(c1ccccc1F)N(Cc1ccccc1F)c1ccc(F)cc1. The van der Waals surface area contributed by atoms with Gasteiger partial charge in [-0.25, -0.2) is 21.6 Å². The third-order valence-electron chi connectivity index (χ3n) is 3.79. The van der Waals surface area contributed by atoms with E-state index in [1.54, 1.807) is 6.07 Å². The summed E-state index contributed by atoms with van der Waals surface area (Å²) in [6.07, 6.45) is 0. The smallest absolute Gasteiger partial charge is 0.262 e. The Morgan fingerprint density at radius 1 is 0.731 bits per heavy atom. The van der Waals surface area contributed by atoms with Crippen LogP contribution < -0.4 is 4.31 Å². The van der Waals surface area contributed by atoms with Crippen molar-refractivity contribution in [2.24, 2.45) is 0 Å². The van der Waals surface area contributed by atoms with E-state index in [1.165, 1.54) is 42.5 Å². The van der Waals surface area contributed by atoms with Crippen molar-refractivity contribution in [1.29, 1.82) is 0 Å². The molecular formula is C19H14F3NO2S. The maximum absolute atomic E-state index is 14.1. The number of nitrogens with zero attached hydrogens (tertiary/aromatic N) is 1. The number of hydrogen-bond donors (Lipinski definition) is 0. The van der Waals surface area contributed by atoms with Crippen molar-refractivity contribution >= 4 is 15.7 Å². The molecular weight excluding hydrogens is 363 g/mol. The molecule has 0 aromatic heterocycles. The zero-order valence-corrected chi connectivity index (χ0v) is 14.3. The molecule has 0 amide bonds. The quantitative estimate of drug-likeness (QED) is 0.657. The van der Waals surface area contributed by atoms with Crippen molar-refractivity contribution < 1.29 is 21.6 Å². The molecule has 3 aromatic rings. The Kier molecular flexibility index (Phi) is 4.99. The Hall–Kier alpha value is -2.80. The minimum Gasteiger partial charge on any atom is -0.262 e. The van der Waals surface area contributed by atoms with Crippen molar-refractivity contribution in [3.8, 4) is 0 Å². The molecule has 0 unspecified atom stereocenters. The summed E-state index contributed by atoms with van der Waals surface area (Å²) in [6, 6.07) is 15.3. The zero-order chi connectivity index (χ0) is 18.7. The average Bonchev–Trinajstić information content (AvgIpc) is 2.62. The van der Waals surface area contributed by atoms with Crippen LogP contribution in [0.1, 0.15) is 5.56 Å². The van der Waals surface area contributed by atoms with Crippen LogP contribution in [0.3, 0.4) is 0 Å². The van der Waals surface area contributed by atoms with Crippen LogP contribution in [-0.4, -0.2) is 8.42 Å². The van der Waals surface area contributed by atoms with Crippen LogP contribution in [0.15, 0.2) is 77.7 Å². The van der Waals surface area contributed by atoms with Crippen LogP contribution in [0.25, 0.3) is 0 Å². The number of hydrogen-bond acceptors (Lipinski definition) is 2. The lowest BCUT2D eigenvalue weighted by atomic mass is 10.2. The van der Waals surface area contributed by atoms with Gasteiger partial charge in [-0.05, 0) is 42.5 Å². The fourth-order valence-corrected chi connectivity index (χ4v) is 3.99. The predicted molar refractivity (Wildman–Crippen MR) is 92.6 cm³/mol. The molecule has 3 rings (SSSR count). The molecule has 0 aliphatic heterocycles. The lowest BCUT2D eigenvalue weighted by Gasteiger charge is -2.25. The van der Waals surface area contributed by atoms with E-state index in [2.05, 4.69) is 0 Å². The van der Waals surface area contributed by atoms with Crippen LogP contribution in [0.4, 0.5) is 18.9 Å². The molecule has 0 bridgehead atoms. The van der Waals surface area contributed by atoms with E-state index in [9.17, 15) is 21.6 Å². The maximum atomic E-state index is 14.1. The topological polar surface area (TPSA) is 37.4 Å². The maximum Gasteiger partial charge on any atom is 0.267 e. The summed E-state index contributed by atoms with van der Waals surface area (Å²) in [6.45, 7) is -0.366.